The molecule has 1 heterocycles. The Kier molecular flexibility index (Phi) is 4.84. The molecule has 0 aliphatic rings. The third-order valence-electron chi connectivity index (χ3n) is 2.87. The molecule has 0 aliphatic carbocycles. The molecule has 0 saturated carbocycles. The van der Waals surface area contributed by atoms with Gasteiger partial charge in [0.05, 0.1) is 26.8 Å². The monoisotopic (exact) mass is 354 g/mol. The van der Waals surface area contributed by atoms with Gasteiger partial charge in [0.1, 0.15) is 15.7 Å². The summed E-state index contributed by atoms with van der Waals surface area (Å²) in [6.07, 6.45) is 1.76. The van der Waals surface area contributed by atoms with Gasteiger partial charge in [-0.15, -0.1) is 11.6 Å². The van der Waals surface area contributed by atoms with Crippen LogP contribution in [0.25, 0.3) is 11.0 Å². The van der Waals surface area contributed by atoms with E-state index in [0.29, 0.717) is 34.4 Å². The van der Waals surface area contributed by atoms with Gasteiger partial charge in [-0.25, -0.2) is 13.4 Å². The van der Waals surface area contributed by atoms with Gasteiger partial charge in [0.2, 0.25) is 0 Å². The lowest BCUT2D eigenvalue weighted by Gasteiger charge is -2.08. The number of aryl methyl sites for hydroxylation is 2. The number of hydrogen-bond donors (Lipinski definition) is 0. The maximum Gasteiger partial charge on any atom is 0.149 e. The van der Waals surface area contributed by atoms with Gasteiger partial charge in [0.25, 0.3) is 0 Å². The summed E-state index contributed by atoms with van der Waals surface area (Å²) < 4.78 is 24.5. The molecule has 0 unspecified atom stereocenters. The Hall–Kier alpha value is -0.490. The molecule has 110 valence electrons. The molecule has 1 aromatic carbocycles. The largest absolute Gasteiger partial charge is 0.327 e. The van der Waals surface area contributed by atoms with Crippen LogP contribution in [0.1, 0.15) is 5.82 Å². The zero-order chi connectivity index (χ0) is 14.9. The summed E-state index contributed by atoms with van der Waals surface area (Å²) in [6, 6.07) is 3.38. The molecule has 20 heavy (non-hydrogen) atoms. The van der Waals surface area contributed by atoms with Crippen molar-refractivity contribution in [1.29, 1.82) is 0 Å². The van der Waals surface area contributed by atoms with Crippen molar-refractivity contribution in [2.45, 2.75) is 13.0 Å². The minimum Gasteiger partial charge on any atom is -0.327 e. The minimum absolute atomic E-state index is 0.0357. The lowest BCUT2D eigenvalue weighted by molar-refractivity contribution is 0.594. The molecule has 1 aromatic heterocycles. The molecule has 0 N–H and O–H groups in total. The van der Waals surface area contributed by atoms with Crippen molar-refractivity contribution >= 4 is 55.7 Å². The first-order valence-corrected chi connectivity index (χ1v) is 9.25. The smallest absolute Gasteiger partial charge is 0.149 e. The van der Waals surface area contributed by atoms with Crippen molar-refractivity contribution in [2.75, 3.05) is 17.9 Å². The highest BCUT2D eigenvalue weighted by molar-refractivity contribution is 7.90. The van der Waals surface area contributed by atoms with Gasteiger partial charge in [0.15, 0.2) is 0 Å². The molecular weight excluding hydrogens is 343 g/mol. The van der Waals surface area contributed by atoms with Crippen LogP contribution in [0.15, 0.2) is 12.1 Å². The fourth-order valence-electron chi connectivity index (χ4n) is 1.95. The predicted molar refractivity (Wildman–Crippen MR) is 83.9 cm³/mol. The highest BCUT2D eigenvalue weighted by atomic mass is 35.5. The van der Waals surface area contributed by atoms with E-state index >= 15 is 0 Å². The number of hydrogen-bond acceptors (Lipinski definition) is 3. The Balaban J connectivity index is 2.52. The van der Waals surface area contributed by atoms with Crippen LogP contribution in [0.5, 0.6) is 0 Å². The topological polar surface area (TPSA) is 52.0 Å². The van der Waals surface area contributed by atoms with Gasteiger partial charge in [-0.05, 0) is 12.1 Å². The molecule has 0 spiro atoms. The van der Waals surface area contributed by atoms with Gasteiger partial charge >= 0.3 is 0 Å². The van der Waals surface area contributed by atoms with Gasteiger partial charge < -0.3 is 4.57 Å². The summed E-state index contributed by atoms with van der Waals surface area (Å²) in [5.41, 5.74) is 1.45. The van der Waals surface area contributed by atoms with Crippen molar-refractivity contribution < 1.29 is 8.42 Å². The number of halogens is 3. The third-order valence-corrected chi connectivity index (χ3v) is 4.71. The zero-order valence-corrected chi connectivity index (χ0v) is 13.8. The summed E-state index contributed by atoms with van der Waals surface area (Å²) in [6.45, 7) is 0.319. The Bertz CT molecular complexity index is 741. The predicted octanol–water partition coefficient (Wildman–Crippen LogP) is 3.17. The molecule has 4 nitrogen and oxygen atoms in total. The van der Waals surface area contributed by atoms with Crippen LogP contribution in [0.3, 0.4) is 0 Å². The molecule has 0 saturated heterocycles. The fraction of sp³-hybridized carbons (Fsp3) is 0.417. The van der Waals surface area contributed by atoms with E-state index in [1.54, 1.807) is 12.1 Å². The number of benzene rings is 1. The van der Waals surface area contributed by atoms with E-state index in [1.807, 2.05) is 4.57 Å². The lowest BCUT2D eigenvalue weighted by Crippen LogP contribution is -2.13. The maximum atomic E-state index is 11.3. The average molecular weight is 356 g/mol. The van der Waals surface area contributed by atoms with Crippen LogP contribution in [0, 0.1) is 0 Å². The van der Waals surface area contributed by atoms with Crippen molar-refractivity contribution in [3.05, 3.63) is 28.0 Å². The highest BCUT2D eigenvalue weighted by Gasteiger charge is 2.14. The van der Waals surface area contributed by atoms with E-state index in [4.69, 9.17) is 34.8 Å². The van der Waals surface area contributed by atoms with Crippen LogP contribution in [-0.2, 0) is 22.8 Å². The minimum atomic E-state index is -3.06. The van der Waals surface area contributed by atoms with Crippen LogP contribution >= 0.6 is 34.8 Å². The normalized spacial score (nSPS) is 12.2. The molecule has 0 atom stereocenters. The fourth-order valence-corrected chi connectivity index (χ4v) is 2.95. The molecule has 0 aliphatic heterocycles. The maximum absolute atomic E-state index is 11.3. The second kappa shape index (κ2) is 6.10. The Morgan fingerprint density at radius 1 is 1.25 bits per heavy atom. The standard InChI is InChI=1S/C12H13Cl3N2O2S/c1-20(18,19)5-4-17-11-7-9(15)8(14)6-10(11)16-12(17)2-3-13/h6-7H,2-5H2,1H3. The zero-order valence-electron chi connectivity index (χ0n) is 10.7. The number of alkyl halides is 1. The van der Waals surface area contributed by atoms with Crippen LogP contribution in [-0.4, -0.2) is 35.9 Å². The summed E-state index contributed by atoms with van der Waals surface area (Å²) in [5, 5.41) is 0.835. The number of rotatable bonds is 5. The molecule has 0 bridgehead atoms. The lowest BCUT2D eigenvalue weighted by atomic mass is 10.3. The van der Waals surface area contributed by atoms with Crippen molar-refractivity contribution in [2.24, 2.45) is 0 Å². The third kappa shape index (κ3) is 3.58. The van der Waals surface area contributed by atoms with Crippen LogP contribution in [0.2, 0.25) is 10.0 Å². The molecule has 8 heteroatoms. The Labute approximate surface area is 132 Å². The molecule has 0 amide bonds. The summed E-state index contributed by atoms with van der Waals surface area (Å²) in [4.78, 5) is 4.45. The van der Waals surface area contributed by atoms with E-state index in [-0.39, 0.29) is 5.75 Å². The van der Waals surface area contributed by atoms with Crippen LogP contribution in [0.4, 0.5) is 0 Å². The van der Waals surface area contributed by atoms with E-state index in [1.165, 1.54) is 6.26 Å². The van der Waals surface area contributed by atoms with E-state index in [0.717, 1.165) is 11.3 Å². The summed E-state index contributed by atoms with van der Waals surface area (Å²) >= 11 is 17.8. The quantitative estimate of drug-likeness (QED) is 0.774. The number of nitrogens with zero attached hydrogens (tertiary/aromatic N) is 2. The van der Waals surface area contributed by atoms with E-state index < -0.39 is 9.84 Å². The molecule has 0 fully saturated rings. The van der Waals surface area contributed by atoms with Crippen molar-refractivity contribution in [3.63, 3.8) is 0 Å². The molecular formula is C12H13Cl3N2O2S. The van der Waals surface area contributed by atoms with Crippen molar-refractivity contribution in [3.8, 4) is 0 Å². The summed E-state index contributed by atoms with van der Waals surface area (Å²) in [5.74, 6) is 1.18. The first kappa shape index (κ1) is 15.9. The first-order chi connectivity index (χ1) is 9.31. The van der Waals surface area contributed by atoms with Crippen molar-refractivity contribution in [1.82, 2.24) is 9.55 Å². The van der Waals surface area contributed by atoms with Gasteiger partial charge in [0, 0.05) is 25.1 Å². The number of imidazole rings is 1. The van der Waals surface area contributed by atoms with E-state index in [2.05, 4.69) is 4.98 Å². The highest BCUT2D eigenvalue weighted by Crippen LogP contribution is 2.28. The van der Waals surface area contributed by atoms with Gasteiger partial charge in [-0.3, -0.25) is 0 Å². The first-order valence-electron chi connectivity index (χ1n) is 5.89. The number of fused-ring (bicyclic) bond motifs is 1. The summed E-state index contributed by atoms with van der Waals surface area (Å²) in [7, 11) is -3.06. The second-order valence-corrected chi connectivity index (χ2v) is 7.96. The molecule has 2 aromatic rings. The Morgan fingerprint density at radius 2 is 1.90 bits per heavy atom. The average Bonchev–Trinajstić information content (AvgIpc) is 2.64. The molecule has 2 rings (SSSR count). The van der Waals surface area contributed by atoms with Gasteiger partial charge in [-0.2, -0.15) is 0 Å². The van der Waals surface area contributed by atoms with Gasteiger partial charge in [-0.1, -0.05) is 23.2 Å². The number of sulfone groups is 1. The Morgan fingerprint density at radius 3 is 2.50 bits per heavy atom. The number of aromatic nitrogens is 2. The van der Waals surface area contributed by atoms with Crippen LogP contribution < -0.4 is 0 Å². The van der Waals surface area contributed by atoms with E-state index in [9.17, 15) is 8.42 Å². The second-order valence-electron chi connectivity index (χ2n) is 4.50. The SMILES string of the molecule is CS(=O)(=O)CCn1c(CCCl)nc2cc(Cl)c(Cl)cc21. The molecule has 0 radical (unpaired) electrons.